The third-order valence-electron chi connectivity index (χ3n) is 4.49. The minimum absolute atomic E-state index is 0.248. The second-order valence-corrected chi connectivity index (χ2v) is 6.29. The quantitative estimate of drug-likeness (QED) is 0.855. The molecule has 1 aliphatic heterocycles. The second-order valence-electron chi connectivity index (χ2n) is 6.29. The molecule has 0 spiro atoms. The molecule has 3 rings (SSSR count). The third-order valence-corrected chi connectivity index (χ3v) is 4.49. The van der Waals surface area contributed by atoms with Gasteiger partial charge in [0.1, 0.15) is 17.5 Å². The van der Waals surface area contributed by atoms with Gasteiger partial charge in [0.25, 0.3) is 0 Å². The highest BCUT2D eigenvalue weighted by Crippen LogP contribution is 2.41. The van der Waals surface area contributed by atoms with Gasteiger partial charge >= 0.3 is 0 Å². The lowest BCUT2D eigenvalue weighted by Crippen LogP contribution is -2.37. The average Bonchev–Trinajstić information content (AvgIpc) is 3.16. The van der Waals surface area contributed by atoms with E-state index in [1.807, 2.05) is 13.8 Å². The fourth-order valence-electron chi connectivity index (χ4n) is 2.71. The average molecular weight is 275 g/mol. The van der Waals surface area contributed by atoms with Crippen molar-refractivity contribution >= 4 is 17.5 Å². The molecular formula is C14H21N5O. The van der Waals surface area contributed by atoms with Crippen LogP contribution in [0.2, 0.25) is 0 Å². The Balaban J connectivity index is 1.92. The molecule has 4 N–H and O–H groups in total. The molecule has 6 heteroatoms. The minimum atomic E-state index is -0.480. The molecule has 20 heavy (non-hydrogen) atoms. The Labute approximate surface area is 118 Å². The molecular weight excluding hydrogens is 254 g/mol. The summed E-state index contributed by atoms with van der Waals surface area (Å²) in [7, 11) is 0. The van der Waals surface area contributed by atoms with Crippen LogP contribution in [0.3, 0.4) is 0 Å². The van der Waals surface area contributed by atoms with E-state index in [9.17, 15) is 4.79 Å². The number of primary amides is 1. The Kier molecular flexibility index (Phi) is 2.84. The Morgan fingerprint density at radius 3 is 2.65 bits per heavy atom. The summed E-state index contributed by atoms with van der Waals surface area (Å²) in [5.74, 6) is 2.47. The van der Waals surface area contributed by atoms with Gasteiger partial charge in [0, 0.05) is 24.6 Å². The summed E-state index contributed by atoms with van der Waals surface area (Å²) in [6.45, 7) is 5.23. The van der Waals surface area contributed by atoms with Crippen LogP contribution in [-0.4, -0.2) is 29.0 Å². The van der Waals surface area contributed by atoms with Gasteiger partial charge in [0.2, 0.25) is 5.91 Å². The van der Waals surface area contributed by atoms with E-state index in [0.717, 1.165) is 43.0 Å². The first kappa shape index (κ1) is 13.1. The number of rotatable bonds is 3. The summed E-state index contributed by atoms with van der Waals surface area (Å²) in [5.41, 5.74) is 11.9. The predicted octanol–water partition coefficient (Wildman–Crippen LogP) is 0.946. The van der Waals surface area contributed by atoms with Gasteiger partial charge in [0.05, 0.1) is 5.41 Å². The summed E-state index contributed by atoms with van der Waals surface area (Å²) >= 11 is 0. The zero-order valence-corrected chi connectivity index (χ0v) is 12.0. The molecule has 1 aromatic rings. The van der Waals surface area contributed by atoms with Crippen LogP contribution in [0.15, 0.2) is 0 Å². The van der Waals surface area contributed by atoms with E-state index in [0.29, 0.717) is 18.3 Å². The molecule has 2 fully saturated rings. The molecule has 0 aromatic carbocycles. The molecule has 6 nitrogen and oxygen atoms in total. The maximum Gasteiger partial charge on any atom is 0.225 e. The van der Waals surface area contributed by atoms with Crippen molar-refractivity contribution in [2.75, 3.05) is 23.7 Å². The van der Waals surface area contributed by atoms with E-state index >= 15 is 0 Å². The molecule has 1 amide bonds. The number of nitrogens with zero attached hydrogens (tertiary/aromatic N) is 3. The van der Waals surface area contributed by atoms with Crippen molar-refractivity contribution in [1.82, 2.24) is 9.97 Å². The van der Waals surface area contributed by atoms with E-state index < -0.39 is 5.41 Å². The smallest absolute Gasteiger partial charge is 0.225 e. The number of nitrogen functional groups attached to an aromatic ring is 1. The van der Waals surface area contributed by atoms with Crippen LogP contribution < -0.4 is 16.4 Å². The number of carbonyl (C=O) groups excluding carboxylic acids is 1. The van der Waals surface area contributed by atoms with Crippen LogP contribution in [0.5, 0.6) is 0 Å². The summed E-state index contributed by atoms with van der Waals surface area (Å²) < 4.78 is 0. The number of anilines is 2. The SMILES string of the molecule is Cc1c(N)nc(C2CC2)nc1N1CCC(C)(C(N)=O)C1. The Bertz CT molecular complexity index is 569. The standard InChI is InChI=1S/C14H21N5O/c1-8-10(15)17-11(9-3-4-9)18-12(8)19-6-5-14(2,7-19)13(16)20/h9H,3-7H2,1-2H3,(H2,16,20)(H2,15,17,18). The molecule has 1 atom stereocenters. The van der Waals surface area contributed by atoms with E-state index in [-0.39, 0.29) is 5.91 Å². The number of carbonyl (C=O) groups is 1. The van der Waals surface area contributed by atoms with Crippen molar-refractivity contribution in [3.63, 3.8) is 0 Å². The number of hydrogen-bond acceptors (Lipinski definition) is 5. The highest BCUT2D eigenvalue weighted by atomic mass is 16.1. The minimum Gasteiger partial charge on any atom is -0.383 e. The summed E-state index contributed by atoms with van der Waals surface area (Å²) in [5, 5.41) is 0. The molecule has 1 saturated carbocycles. The largest absolute Gasteiger partial charge is 0.383 e. The van der Waals surface area contributed by atoms with Gasteiger partial charge in [0.15, 0.2) is 0 Å². The van der Waals surface area contributed by atoms with Crippen LogP contribution >= 0.6 is 0 Å². The lowest BCUT2D eigenvalue weighted by atomic mass is 9.89. The normalized spacial score (nSPS) is 26.0. The molecule has 2 heterocycles. The van der Waals surface area contributed by atoms with Crippen molar-refractivity contribution in [3.05, 3.63) is 11.4 Å². The molecule has 2 aliphatic rings. The highest BCUT2D eigenvalue weighted by molar-refractivity contribution is 5.82. The number of hydrogen-bond donors (Lipinski definition) is 2. The van der Waals surface area contributed by atoms with Gasteiger partial charge < -0.3 is 16.4 Å². The molecule has 0 bridgehead atoms. The fourth-order valence-corrected chi connectivity index (χ4v) is 2.71. The van der Waals surface area contributed by atoms with Crippen LogP contribution in [0.4, 0.5) is 11.6 Å². The first-order valence-electron chi connectivity index (χ1n) is 7.09. The number of amides is 1. The Morgan fingerprint density at radius 1 is 1.40 bits per heavy atom. The molecule has 0 radical (unpaired) electrons. The Morgan fingerprint density at radius 2 is 2.10 bits per heavy atom. The molecule has 1 aliphatic carbocycles. The summed E-state index contributed by atoms with van der Waals surface area (Å²) in [6.07, 6.45) is 3.03. The Hall–Kier alpha value is -1.85. The van der Waals surface area contributed by atoms with Gasteiger partial charge in [-0.3, -0.25) is 4.79 Å². The fraction of sp³-hybridized carbons (Fsp3) is 0.643. The number of aromatic nitrogens is 2. The summed E-state index contributed by atoms with van der Waals surface area (Å²) in [6, 6.07) is 0. The van der Waals surface area contributed by atoms with Crippen molar-refractivity contribution in [3.8, 4) is 0 Å². The zero-order chi connectivity index (χ0) is 14.5. The molecule has 1 saturated heterocycles. The maximum atomic E-state index is 11.6. The number of nitrogens with two attached hydrogens (primary N) is 2. The van der Waals surface area contributed by atoms with E-state index in [1.54, 1.807) is 0 Å². The monoisotopic (exact) mass is 275 g/mol. The first-order valence-corrected chi connectivity index (χ1v) is 7.09. The molecule has 1 unspecified atom stereocenters. The van der Waals surface area contributed by atoms with Crippen LogP contribution in [-0.2, 0) is 4.79 Å². The lowest BCUT2D eigenvalue weighted by molar-refractivity contribution is -0.125. The maximum absolute atomic E-state index is 11.6. The van der Waals surface area contributed by atoms with Crippen molar-refractivity contribution in [2.24, 2.45) is 11.1 Å². The predicted molar refractivity (Wildman–Crippen MR) is 77.3 cm³/mol. The van der Waals surface area contributed by atoms with E-state index in [1.165, 1.54) is 0 Å². The summed E-state index contributed by atoms with van der Waals surface area (Å²) in [4.78, 5) is 22.8. The van der Waals surface area contributed by atoms with Crippen molar-refractivity contribution in [2.45, 2.75) is 39.0 Å². The van der Waals surface area contributed by atoms with Gasteiger partial charge in [-0.1, -0.05) is 0 Å². The van der Waals surface area contributed by atoms with Gasteiger partial charge in [-0.2, -0.15) is 0 Å². The zero-order valence-electron chi connectivity index (χ0n) is 12.0. The van der Waals surface area contributed by atoms with Crippen LogP contribution in [0.25, 0.3) is 0 Å². The van der Waals surface area contributed by atoms with Crippen molar-refractivity contribution < 1.29 is 4.79 Å². The third kappa shape index (κ3) is 2.09. The van der Waals surface area contributed by atoms with Crippen LogP contribution in [0.1, 0.15) is 43.5 Å². The molecule has 108 valence electrons. The van der Waals surface area contributed by atoms with Gasteiger partial charge in [-0.05, 0) is 33.1 Å². The van der Waals surface area contributed by atoms with Crippen molar-refractivity contribution in [1.29, 1.82) is 0 Å². The van der Waals surface area contributed by atoms with Gasteiger partial charge in [-0.25, -0.2) is 9.97 Å². The van der Waals surface area contributed by atoms with Crippen LogP contribution in [0, 0.1) is 12.3 Å². The lowest BCUT2D eigenvalue weighted by Gasteiger charge is -2.23. The molecule has 1 aromatic heterocycles. The second kappa shape index (κ2) is 4.33. The first-order chi connectivity index (χ1) is 9.40. The topological polar surface area (TPSA) is 98.1 Å². The highest BCUT2D eigenvalue weighted by Gasteiger charge is 2.40. The van der Waals surface area contributed by atoms with E-state index in [2.05, 4.69) is 14.9 Å². The van der Waals surface area contributed by atoms with E-state index in [4.69, 9.17) is 11.5 Å². The van der Waals surface area contributed by atoms with Gasteiger partial charge in [-0.15, -0.1) is 0 Å².